The third-order valence-corrected chi connectivity index (χ3v) is 3.98. The lowest BCUT2D eigenvalue weighted by Gasteiger charge is -2.21. The van der Waals surface area contributed by atoms with E-state index in [0.717, 1.165) is 0 Å². The predicted molar refractivity (Wildman–Crippen MR) is 86.0 cm³/mol. The van der Waals surface area contributed by atoms with E-state index in [-0.39, 0.29) is 12.0 Å². The molecule has 3 rings (SSSR count). The third kappa shape index (κ3) is 3.27. The summed E-state index contributed by atoms with van der Waals surface area (Å²) in [6.07, 6.45) is 0.341. The van der Waals surface area contributed by atoms with Crippen LogP contribution in [0.15, 0.2) is 27.4 Å². The van der Waals surface area contributed by atoms with E-state index in [2.05, 4.69) is 4.98 Å². The van der Waals surface area contributed by atoms with Crippen molar-refractivity contribution < 1.29 is 18.7 Å². The maximum Gasteiger partial charge on any atom is 0.417 e. The smallest absolute Gasteiger partial charge is 0.417 e. The fourth-order valence-electron chi connectivity index (χ4n) is 2.78. The lowest BCUT2D eigenvalue weighted by Crippen LogP contribution is -2.37. The summed E-state index contributed by atoms with van der Waals surface area (Å²) < 4.78 is 10.0. The molecule has 128 valence electrons. The Bertz CT molecular complexity index is 809. The van der Waals surface area contributed by atoms with E-state index in [0.29, 0.717) is 55.9 Å². The first-order chi connectivity index (χ1) is 11.6. The number of carbonyl (C=O) groups is 2. The zero-order chi connectivity index (χ0) is 17.1. The lowest BCUT2D eigenvalue weighted by molar-refractivity contribution is 0.0753. The number of ether oxygens (including phenoxy) is 1. The minimum absolute atomic E-state index is 0.147. The summed E-state index contributed by atoms with van der Waals surface area (Å²) in [6, 6.07) is 4.86. The van der Waals surface area contributed by atoms with Gasteiger partial charge in [0.1, 0.15) is 0 Å². The Labute approximate surface area is 138 Å². The molecule has 1 aliphatic heterocycles. The molecule has 1 aliphatic rings. The summed E-state index contributed by atoms with van der Waals surface area (Å²) in [5.74, 6) is -0.694. The number of benzene rings is 1. The average molecular weight is 333 g/mol. The number of H-pyrrole nitrogens is 1. The molecule has 0 saturated carbocycles. The van der Waals surface area contributed by atoms with Gasteiger partial charge in [0.05, 0.1) is 12.1 Å². The second kappa shape index (κ2) is 6.77. The van der Waals surface area contributed by atoms with E-state index in [1.165, 1.54) is 0 Å². The van der Waals surface area contributed by atoms with Gasteiger partial charge in [-0.25, -0.2) is 9.59 Å². The lowest BCUT2D eigenvalue weighted by atomic mass is 10.1. The van der Waals surface area contributed by atoms with Crippen LogP contribution in [0.3, 0.4) is 0 Å². The van der Waals surface area contributed by atoms with Crippen LogP contribution in [0.5, 0.6) is 0 Å². The fourth-order valence-corrected chi connectivity index (χ4v) is 2.78. The van der Waals surface area contributed by atoms with Gasteiger partial charge >= 0.3 is 11.8 Å². The van der Waals surface area contributed by atoms with Gasteiger partial charge in [0.15, 0.2) is 5.58 Å². The highest BCUT2D eigenvalue weighted by atomic mass is 16.6. The molecule has 1 saturated heterocycles. The van der Waals surface area contributed by atoms with E-state index in [1.807, 2.05) is 0 Å². The van der Waals surface area contributed by atoms with Gasteiger partial charge in [0.2, 0.25) is 0 Å². The maximum atomic E-state index is 12.7. The number of carbonyl (C=O) groups excluding carboxylic acids is 2. The molecule has 8 heteroatoms. The van der Waals surface area contributed by atoms with Gasteiger partial charge in [0, 0.05) is 31.7 Å². The van der Waals surface area contributed by atoms with Crippen molar-refractivity contribution in [3.8, 4) is 0 Å². The molecule has 1 N–H and O–H groups in total. The number of nitrogens with zero attached hydrogens (tertiary/aromatic N) is 2. The molecule has 2 heterocycles. The molecule has 1 fully saturated rings. The van der Waals surface area contributed by atoms with E-state index in [1.54, 1.807) is 34.9 Å². The van der Waals surface area contributed by atoms with Crippen molar-refractivity contribution in [2.45, 2.75) is 13.3 Å². The quantitative estimate of drug-likeness (QED) is 0.897. The van der Waals surface area contributed by atoms with Crippen LogP contribution in [0.25, 0.3) is 11.1 Å². The summed E-state index contributed by atoms with van der Waals surface area (Å²) in [5, 5.41) is 0. The number of aromatic amines is 1. The van der Waals surface area contributed by atoms with Gasteiger partial charge in [-0.2, -0.15) is 0 Å². The monoisotopic (exact) mass is 333 g/mol. The van der Waals surface area contributed by atoms with E-state index in [9.17, 15) is 14.4 Å². The Morgan fingerprint density at radius 3 is 2.75 bits per heavy atom. The Morgan fingerprint density at radius 2 is 1.96 bits per heavy atom. The van der Waals surface area contributed by atoms with Crippen molar-refractivity contribution >= 4 is 23.1 Å². The Hall–Kier alpha value is -2.77. The summed E-state index contributed by atoms with van der Waals surface area (Å²) in [7, 11) is 0. The fraction of sp³-hybridized carbons (Fsp3) is 0.438. The van der Waals surface area contributed by atoms with Gasteiger partial charge in [-0.3, -0.25) is 9.78 Å². The molecular formula is C16H19N3O5. The number of hydrogen-bond donors (Lipinski definition) is 1. The summed E-state index contributed by atoms with van der Waals surface area (Å²) in [5.41, 5.74) is 1.37. The van der Waals surface area contributed by atoms with Crippen LogP contribution in [0, 0.1) is 0 Å². The molecule has 0 bridgehead atoms. The molecule has 8 nitrogen and oxygen atoms in total. The molecule has 0 radical (unpaired) electrons. The predicted octanol–water partition coefficient (Wildman–Crippen LogP) is 1.43. The zero-order valence-corrected chi connectivity index (χ0v) is 13.4. The summed E-state index contributed by atoms with van der Waals surface area (Å²) in [6.45, 7) is 4.10. The van der Waals surface area contributed by atoms with Crippen molar-refractivity contribution in [1.29, 1.82) is 0 Å². The van der Waals surface area contributed by atoms with Crippen molar-refractivity contribution in [1.82, 2.24) is 14.8 Å². The van der Waals surface area contributed by atoms with Crippen LogP contribution in [0.1, 0.15) is 23.7 Å². The molecule has 1 aromatic carbocycles. The Kier molecular flexibility index (Phi) is 4.54. The number of amides is 2. The number of aromatic nitrogens is 1. The van der Waals surface area contributed by atoms with Gasteiger partial charge < -0.3 is 19.0 Å². The highest BCUT2D eigenvalue weighted by molar-refractivity contribution is 5.97. The van der Waals surface area contributed by atoms with Gasteiger partial charge in [-0.15, -0.1) is 0 Å². The minimum atomic E-state index is -0.547. The second-order valence-electron chi connectivity index (χ2n) is 5.56. The Morgan fingerprint density at radius 1 is 1.21 bits per heavy atom. The third-order valence-electron chi connectivity index (χ3n) is 3.98. The van der Waals surface area contributed by atoms with Gasteiger partial charge in [-0.1, -0.05) is 0 Å². The van der Waals surface area contributed by atoms with Crippen LogP contribution in [0.2, 0.25) is 0 Å². The maximum absolute atomic E-state index is 12.7. The normalized spacial score (nSPS) is 15.4. The highest BCUT2D eigenvalue weighted by Crippen LogP contribution is 2.15. The van der Waals surface area contributed by atoms with Crippen LogP contribution >= 0.6 is 0 Å². The SMILES string of the molecule is CCOC(=O)N1CCCN(C(=O)c2ccc3[nH]c(=O)oc3c2)CC1. The molecule has 2 aromatic rings. The van der Waals surface area contributed by atoms with Crippen molar-refractivity contribution in [2.75, 3.05) is 32.8 Å². The number of rotatable bonds is 2. The number of oxazole rings is 1. The molecule has 0 spiro atoms. The highest BCUT2D eigenvalue weighted by Gasteiger charge is 2.23. The van der Waals surface area contributed by atoms with Crippen molar-refractivity contribution in [3.05, 3.63) is 34.3 Å². The van der Waals surface area contributed by atoms with Crippen molar-refractivity contribution in [2.24, 2.45) is 0 Å². The Balaban J connectivity index is 1.72. The topological polar surface area (TPSA) is 95.9 Å². The average Bonchev–Trinajstić information content (AvgIpc) is 2.78. The summed E-state index contributed by atoms with van der Waals surface area (Å²) >= 11 is 0. The van der Waals surface area contributed by atoms with E-state index < -0.39 is 5.76 Å². The molecule has 24 heavy (non-hydrogen) atoms. The molecule has 0 unspecified atom stereocenters. The van der Waals surface area contributed by atoms with Crippen LogP contribution < -0.4 is 5.76 Å². The molecular weight excluding hydrogens is 314 g/mol. The van der Waals surface area contributed by atoms with Crippen LogP contribution in [-0.2, 0) is 4.74 Å². The standard InChI is InChI=1S/C16H19N3O5/c1-2-23-16(22)19-7-3-6-18(8-9-19)14(20)11-4-5-12-13(10-11)24-15(21)17-12/h4-5,10H,2-3,6-9H2,1H3,(H,17,21). The van der Waals surface area contributed by atoms with Crippen molar-refractivity contribution in [3.63, 3.8) is 0 Å². The first-order valence-corrected chi connectivity index (χ1v) is 7.92. The molecule has 1 aromatic heterocycles. The largest absolute Gasteiger partial charge is 0.450 e. The number of nitrogens with one attached hydrogen (secondary N) is 1. The molecule has 0 aliphatic carbocycles. The molecule has 0 atom stereocenters. The minimum Gasteiger partial charge on any atom is -0.450 e. The first-order valence-electron chi connectivity index (χ1n) is 7.92. The van der Waals surface area contributed by atoms with Gasteiger partial charge in [-0.05, 0) is 31.5 Å². The van der Waals surface area contributed by atoms with Gasteiger partial charge in [0.25, 0.3) is 5.91 Å². The number of fused-ring (bicyclic) bond motifs is 1. The summed E-state index contributed by atoms with van der Waals surface area (Å²) in [4.78, 5) is 41.5. The molecule has 2 amide bonds. The zero-order valence-electron chi connectivity index (χ0n) is 13.4. The van der Waals surface area contributed by atoms with E-state index in [4.69, 9.17) is 9.15 Å². The number of hydrogen-bond acceptors (Lipinski definition) is 5. The second-order valence-corrected chi connectivity index (χ2v) is 5.56. The van der Waals surface area contributed by atoms with Crippen LogP contribution in [0.4, 0.5) is 4.79 Å². The first kappa shape index (κ1) is 16.1. The van der Waals surface area contributed by atoms with Crippen LogP contribution in [-0.4, -0.2) is 59.6 Å². The van der Waals surface area contributed by atoms with E-state index >= 15 is 0 Å².